The third kappa shape index (κ3) is 1.98. The van der Waals surface area contributed by atoms with Crippen molar-refractivity contribution in [2.24, 2.45) is 0 Å². The zero-order valence-corrected chi connectivity index (χ0v) is 7.06. The lowest BCUT2D eigenvalue weighted by Crippen LogP contribution is -1.99. The molecule has 1 rings (SSSR count). The second kappa shape index (κ2) is 3.43. The third-order valence-corrected chi connectivity index (χ3v) is 1.97. The first kappa shape index (κ1) is 8.13. The minimum atomic E-state index is 0.273. The van der Waals surface area contributed by atoms with Crippen molar-refractivity contribution in [3.8, 4) is 0 Å². The molecule has 0 radical (unpaired) electrons. The highest BCUT2D eigenvalue weighted by molar-refractivity contribution is 7.99. The molecule has 0 bridgehead atoms. The summed E-state index contributed by atoms with van der Waals surface area (Å²) in [6.45, 7) is 2.03. The number of nitrogens with two attached hydrogens (primary N) is 2. The number of hydrogen-bond acceptors (Lipinski definition) is 5. The molecule has 0 unspecified atom stereocenters. The molecule has 0 aliphatic rings. The molecule has 0 aromatic carbocycles. The van der Waals surface area contributed by atoms with Gasteiger partial charge in [0.25, 0.3) is 0 Å². The molecule has 0 saturated carbocycles. The highest BCUT2D eigenvalue weighted by Gasteiger charge is 2.00. The Kier molecular flexibility index (Phi) is 2.53. The van der Waals surface area contributed by atoms with Gasteiger partial charge in [0.15, 0.2) is 0 Å². The molecule has 60 valence electrons. The molecule has 1 aromatic heterocycles. The fraction of sp³-hybridized carbons (Fsp3) is 0.333. The van der Waals surface area contributed by atoms with E-state index >= 15 is 0 Å². The average Bonchev–Trinajstić information content (AvgIpc) is 1.98. The normalized spacial score (nSPS) is 9.91. The summed E-state index contributed by atoms with van der Waals surface area (Å²) in [6.07, 6.45) is 1.53. The van der Waals surface area contributed by atoms with Crippen LogP contribution in [0.1, 0.15) is 6.92 Å². The summed E-state index contributed by atoms with van der Waals surface area (Å²) in [5.41, 5.74) is 11.5. The fourth-order valence-electron chi connectivity index (χ4n) is 0.641. The molecule has 0 aliphatic heterocycles. The van der Waals surface area contributed by atoms with Gasteiger partial charge in [-0.1, -0.05) is 6.92 Å². The van der Waals surface area contributed by atoms with Crippen molar-refractivity contribution in [2.75, 3.05) is 17.2 Å². The van der Waals surface area contributed by atoms with E-state index in [0.717, 1.165) is 10.8 Å². The van der Waals surface area contributed by atoms with Gasteiger partial charge in [-0.15, -0.1) is 11.8 Å². The first-order chi connectivity index (χ1) is 5.24. The number of nitrogens with zero attached hydrogens (tertiary/aromatic N) is 2. The van der Waals surface area contributed by atoms with Gasteiger partial charge in [-0.2, -0.15) is 0 Å². The Balaban J connectivity index is 2.93. The lowest BCUT2D eigenvalue weighted by atomic mass is 10.6. The standard InChI is InChI=1S/C6H10N4S/c1-2-11-5-4(7)3-9-6(8)10-5/h3H,2,7H2,1H3,(H2,8,9,10). The van der Waals surface area contributed by atoms with E-state index in [-0.39, 0.29) is 5.95 Å². The maximum atomic E-state index is 5.57. The molecule has 0 amide bonds. The zero-order valence-electron chi connectivity index (χ0n) is 6.24. The van der Waals surface area contributed by atoms with Crippen molar-refractivity contribution in [1.82, 2.24) is 9.97 Å². The number of aromatic nitrogens is 2. The summed E-state index contributed by atoms with van der Waals surface area (Å²) in [5, 5.41) is 0.764. The molecule has 4 N–H and O–H groups in total. The fourth-order valence-corrected chi connectivity index (χ4v) is 1.29. The molecule has 0 atom stereocenters. The van der Waals surface area contributed by atoms with Gasteiger partial charge in [0.05, 0.1) is 11.9 Å². The van der Waals surface area contributed by atoms with Gasteiger partial charge >= 0.3 is 0 Å². The Hall–Kier alpha value is -0.970. The summed E-state index contributed by atoms with van der Waals surface area (Å²) in [5.74, 6) is 1.20. The van der Waals surface area contributed by atoms with Gasteiger partial charge in [0, 0.05) is 0 Å². The first-order valence-corrected chi connectivity index (χ1v) is 4.23. The van der Waals surface area contributed by atoms with Crippen molar-refractivity contribution in [1.29, 1.82) is 0 Å². The molecule has 1 aromatic rings. The topological polar surface area (TPSA) is 77.8 Å². The van der Waals surface area contributed by atoms with Crippen molar-refractivity contribution in [2.45, 2.75) is 11.9 Å². The quantitative estimate of drug-likeness (QED) is 0.506. The van der Waals surface area contributed by atoms with E-state index in [2.05, 4.69) is 9.97 Å². The van der Waals surface area contributed by atoms with Gasteiger partial charge in [-0.3, -0.25) is 0 Å². The van der Waals surface area contributed by atoms with Crippen LogP contribution in [-0.2, 0) is 0 Å². The average molecular weight is 170 g/mol. The van der Waals surface area contributed by atoms with E-state index in [1.165, 1.54) is 6.20 Å². The van der Waals surface area contributed by atoms with E-state index in [9.17, 15) is 0 Å². The van der Waals surface area contributed by atoms with Crippen molar-refractivity contribution < 1.29 is 0 Å². The third-order valence-electron chi connectivity index (χ3n) is 1.08. The maximum absolute atomic E-state index is 5.57. The highest BCUT2D eigenvalue weighted by Crippen LogP contribution is 2.21. The highest BCUT2D eigenvalue weighted by atomic mass is 32.2. The molecule has 4 nitrogen and oxygen atoms in total. The summed E-state index contributed by atoms with van der Waals surface area (Å²) >= 11 is 1.56. The van der Waals surface area contributed by atoms with Gasteiger partial charge in [0.2, 0.25) is 5.95 Å². The lowest BCUT2D eigenvalue weighted by Gasteiger charge is -2.01. The Morgan fingerprint density at radius 2 is 2.27 bits per heavy atom. The summed E-state index contributed by atoms with van der Waals surface area (Å²) < 4.78 is 0. The maximum Gasteiger partial charge on any atom is 0.221 e. The molecule has 0 fully saturated rings. The number of nitrogen functional groups attached to an aromatic ring is 2. The predicted octanol–water partition coefficient (Wildman–Crippen LogP) is 0.753. The first-order valence-electron chi connectivity index (χ1n) is 3.24. The Bertz CT molecular complexity index is 250. The molecular weight excluding hydrogens is 160 g/mol. The number of anilines is 2. The number of thioether (sulfide) groups is 1. The van der Waals surface area contributed by atoms with Crippen LogP contribution >= 0.6 is 11.8 Å². The smallest absolute Gasteiger partial charge is 0.221 e. The summed E-state index contributed by atoms with van der Waals surface area (Å²) in [7, 11) is 0. The second-order valence-corrected chi connectivity index (χ2v) is 3.17. The van der Waals surface area contributed by atoms with Crippen LogP contribution in [0.4, 0.5) is 11.6 Å². The van der Waals surface area contributed by atoms with Gasteiger partial charge in [0.1, 0.15) is 5.03 Å². The lowest BCUT2D eigenvalue weighted by molar-refractivity contribution is 1.07. The monoisotopic (exact) mass is 170 g/mol. The van der Waals surface area contributed by atoms with Crippen LogP contribution in [0.2, 0.25) is 0 Å². The van der Waals surface area contributed by atoms with Crippen LogP contribution in [0.3, 0.4) is 0 Å². The Labute approximate surface area is 69.4 Å². The van der Waals surface area contributed by atoms with Crippen LogP contribution in [0.5, 0.6) is 0 Å². The van der Waals surface area contributed by atoms with Gasteiger partial charge in [-0.25, -0.2) is 9.97 Å². The summed E-state index contributed by atoms with van der Waals surface area (Å²) in [4.78, 5) is 7.72. The number of hydrogen-bond donors (Lipinski definition) is 2. The van der Waals surface area contributed by atoms with Gasteiger partial charge in [-0.05, 0) is 5.75 Å². The van der Waals surface area contributed by atoms with Gasteiger partial charge < -0.3 is 11.5 Å². The molecular formula is C6H10N4S. The van der Waals surface area contributed by atoms with Crippen LogP contribution in [-0.4, -0.2) is 15.7 Å². The molecule has 11 heavy (non-hydrogen) atoms. The molecule has 0 aliphatic carbocycles. The molecule has 0 spiro atoms. The minimum absolute atomic E-state index is 0.273. The molecule has 5 heteroatoms. The van der Waals surface area contributed by atoms with E-state index in [0.29, 0.717) is 5.69 Å². The Morgan fingerprint density at radius 1 is 1.55 bits per heavy atom. The van der Waals surface area contributed by atoms with Crippen LogP contribution in [0.15, 0.2) is 11.2 Å². The molecule has 1 heterocycles. The molecule has 0 saturated heterocycles. The second-order valence-electron chi connectivity index (χ2n) is 1.92. The van der Waals surface area contributed by atoms with E-state index < -0.39 is 0 Å². The van der Waals surface area contributed by atoms with Crippen molar-refractivity contribution >= 4 is 23.4 Å². The van der Waals surface area contributed by atoms with Crippen LogP contribution < -0.4 is 11.5 Å². The van der Waals surface area contributed by atoms with Crippen LogP contribution in [0, 0.1) is 0 Å². The van der Waals surface area contributed by atoms with Crippen LogP contribution in [0.25, 0.3) is 0 Å². The van der Waals surface area contributed by atoms with Crippen molar-refractivity contribution in [3.05, 3.63) is 6.20 Å². The van der Waals surface area contributed by atoms with E-state index in [1.807, 2.05) is 6.92 Å². The minimum Gasteiger partial charge on any atom is -0.395 e. The van der Waals surface area contributed by atoms with Crippen molar-refractivity contribution in [3.63, 3.8) is 0 Å². The van der Waals surface area contributed by atoms with E-state index in [1.54, 1.807) is 11.8 Å². The van der Waals surface area contributed by atoms with E-state index in [4.69, 9.17) is 11.5 Å². The Morgan fingerprint density at radius 3 is 2.91 bits per heavy atom. The largest absolute Gasteiger partial charge is 0.395 e. The zero-order chi connectivity index (χ0) is 8.27. The predicted molar refractivity (Wildman–Crippen MR) is 47.3 cm³/mol. The SMILES string of the molecule is CCSc1nc(N)ncc1N. The number of rotatable bonds is 2. The summed E-state index contributed by atoms with van der Waals surface area (Å²) in [6, 6.07) is 0.